The summed E-state index contributed by atoms with van der Waals surface area (Å²) in [6, 6.07) is 0. The van der Waals surface area contributed by atoms with Crippen LogP contribution in [0, 0.1) is 13.8 Å². The van der Waals surface area contributed by atoms with Crippen LogP contribution in [0.15, 0.2) is 11.1 Å². The minimum absolute atomic E-state index is 0.0145. The largest absolute Gasteiger partial charge is 0.381 e. The highest BCUT2D eigenvalue weighted by Crippen LogP contribution is 2.25. The molecule has 7 nitrogen and oxygen atoms in total. The van der Waals surface area contributed by atoms with Gasteiger partial charge in [-0.1, -0.05) is 0 Å². The van der Waals surface area contributed by atoms with Gasteiger partial charge in [-0.2, -0.15) is 5.10 Å². The molecule has 0 bridgehead atoms. The van der Waals surface area contributed by atoms with Crippen LogP contribution in [0.4, 0.5) is 10.9 Å². The van der Waals surface area contributed by atoms with E-state index in [1.54, 1.807) is 0 Å². The zero-order chi connectivity index (χ0) is 14.2. The molecule has 3 N–H and O–H groups in total. The predicted octanol–water partition coefficient (Wildman–Crippen LogP) is 1.36. The van der Waals surface area contributed by atoms with E-state index < -0.39 is 10.0 Å². The molecule has 0 unspecified atom stereocenters. The number of aromatic nitrogens is 3. The van der Waals surface area contributed by atoms with E-state index in [1.165, 1.54) is 22.2 Å². The summed E-state index contributed by atoms with van der Waals surface area (Å²) >= 11 is 1.28. The maximum atomic E-state index is 12.2. The van der Waals surface area contributed by atoms with E-state index in [1.807, 2.05) is 20.8 Å². The lowest BCUT2D eigenvalue weighted by atomic mass is 10.4. The summed E-state index contributed by atoms with van der Waals surface area (Å²) in [4.78, 5) is 5.08. The number of sulfonamides is 1. The van der Waals surface area contributed by atoms with Gasteiger partial charge in [0.05, 0.1) is 5.69 Å². The molecule has 19 heavy (non-hydrogen) atoms. The Morgan fingerprint density at radius 1 is 1.47 bits per heavy atom. The summed E-state index contributed by atoms with van der Waals surface area (Å²) in [5, 5.41) is 4.25. The van der Waals surface area contributed by atoms with Crippen LogP contribution >= 0.6 is 11.3 Å². The van der Waals surface area contributed by atoms with Crippen molar-refractivity contribution < 1.29 is 8.42 Å². The van der Waals surface area contributed by atoms with Gasteiger partial charge < -0.3 is 5.73 Å². The zero-order valence-corrected chi connectivity index (χ0v) is 12.5. The number of hydrogen-bond acceptors (Lipinski definition) is 6. The van der Waals surface area contributed by atoms with Crippen molar-refractivity contribution in [2.45, 2.75) is 32.2 Å². The van der Waals surface area contributed by atoms with Crippen LogP contribution in [0.2, 0.25) is 0 Å². The molecule has 0 aliphatic carbocycles. The third-order valence-corrected chi connectivity index (χ3v) is 5.09. The standard InChI is InChI=1S/C10H15N5O2S2/c1-4-15-5-8(9(11)13-15)19(16,17)14-10-12-6(2)7(3)18-10/h5H,4H2,1-3H3,(H2,11,13)(H,12,14). The Kier molecular flexibility index (Phi) is 3.50. The van der Waals surface area contributed by atoms with Crippen LogP contribution in [0.1, 0.15) is 17.5 Å². The lowest BCUT2D eigenvalue weighted by molar-refractivity contribution is 0.600. The smallest absolute Gasteiger partial charge is 0.268 e. The molecule has 2 heterocycles. The molecule has 0 fully saturated rings. The van der Waals surface area contributed by atoms with E-state index in [9.17, 15) is 8.42 Å². The Morgan fingerprint density at radius 3 is 2.63 bits per heavy atom. The molecule has 2 aromatic rings. The Labute approximate surface area is 115 Å². The minimum atomic E-state index is -3.75. The van der Waals surface area contributed by atoms with Crippen molar-refractivity contribution in [1.29, 1.82) is 0 Å². The predicted molar refractivity (Wildman–Crippen MR) is 74.7 cm³/mol. The number of anilines is 2. The lowest BCUT2D eigenvalue weighted by Gasteiger charge is -2.02. The van der Waals surface area contributed by atoms with Gasteiger partial charge in [-0.3, -0.25) is 9.40 Å². The number of thiazole rings is 1. The second-order valence-electron chi connectivity index (χ2n) is 4.00. The van der Waals surface area contributed by atoms with Crippen molar-refractivity contribution in [3.05, 3.63) is 16.8 Å². The summed E-state index contributed by atoms with van der Waals surface area (Å²) in [6.07, 6.45) is 1.41. The number of aryl methyl sites for hydroxylation is 3. The lowest BCUT2D eigenvalue weighted by Crippen LogP contribution is -2.13. The first-order valence-corrected chi connectivity index (χ1v) is 7.93. The van der Waals surface area contributed by atoms with Crippen LogP contribution < -0.4 is 10.5 Å². The van der Waals surface area contributed by atoms with Gasteiger partial charge in [0.25, 0.3) is 10.0 Å². The average Bonchev–Trinajstić information content (AvgIpc) is 2.83. The third-order valence-electron chi connectivity index (χ3n) is 2.62. The number of nitrogens with one attached hydrogen (secondary N) is 1. The quantitative estimate of drug-likeness (QED) is 0.887. The van der Waals surface area contributed by atoms with Gasteiger partial charge in [-0.25, -0.2) is 13.4 Å². The summed E-state index contributed by atoms with van der Waals surface area (Å²) < 4.78 is 28.3. The Morgan fingerprint density at radius 2 is 2.16 bits per heavy atom. The molecule has 0 amide bonds. The monoisotopic (exact) mass is 301 g/mol. The zero-order valence-electron chi connectivity index (χ0n) is 10.8. The van der Waals surface area contributed by atoms with Crippen molar-refractivity contribution in [3.8, 4) is 0 Å². The molecule has 0 saturated heterocycles. The maximum absolute atomic E-state index is 12.2. The van der Waals surface area contributed by atoms with Crippen molar-refractivity contribution in [1.82, 2.24) is 14.8 Å². The molecular weight excluding hydrogens is 286 g/mol. The van der Waals surface area contributed by atoms with Crippen LogP contribution in [0.3, 0.4) is 0 Å². The number of hydrogen-bond donors (Lipinski definition) is 2. The topological polar surface area (TPSA) is 103 Å². The van der Waals surface area contributed by atoms with Gasteiger partial charge >= 0.3 is 0 Å². The molecule has 104 valence electrons. The van der Waals surface area contributed by atoms with E-state index in [4.69, 9.17) is 5.73 Å². The van der Waals surface area contributed by atoms with Gasteiger partial charge in [0, 0.05) is 17.6 Å². The summed E-state index contributed by atoms with van der Waals surface area (Å²) in [7, 11) is -3.75. The van der Waals surface area contributed by atoms with E-state index in [0.717, 1.165) is 10.6 Å². The molecule has 0 atom stereocenters. The summed E-state index contributed by atoms with van der Waals surface area (Å²) in [6.45, 7) is 6.11. The highest BCUT2D eigenvalue weighted by Gasteiger charge is 2.22. The Hall–Kier alpha value is -1.61. The first-order valence-electron chi connectivity index (χ1n) is 5.63. The number of nitrogens with two attached hydrogens (primary N) is 1. The van der Waals surface area contributed by atoms with Gasteiger partial charge in [0.15, 0.2) is 10.9 Å². The van der Waals surface area contributed by atoms with Crippen LogP contribution in [0.5, 0.6) is 0 Å². The molecule has 0 saturated carbocycles. The third kappa shape index (κ3) is 2.71. The highest BCUT2D eigenvalue weighted by molar-refractivity contribution is 7.93. The summed E-state index contributed by atoms with van der Waals surface area (Å²) in [5.74, 6) is -0.0145. The van der Waals surface area contributed by atoms with Crippen molar-refractivity contribution in [2.75, 3.05) is 10.5 Å². The van der Waals surface area contributed by atoms with Crippen molar-refractivity contribution >= 4 is 32.3 Å². The SMILES string of the molecule is CCn1cc(S(=O)(=O)Nc2nc(C)c(C)s2)c(N)n1. The molecule has 9 heteroatoms. The molecule has 0 spiro atoms. The molecule has 2 aromatic heterocycles. The fraction of sp³-hybridized carbons (Fsp3) is 0.400. The average molecular weight is 301 g/mol. The molecule has 2 rings (SSSR count). The van der Waals surface area contributed by atoms with E-state index in [-0.39, 0.29) is 10.7 Å². The van der Waals surface area contributed by atoms with Crippen LogP contribution in [-0.4, -0.2) is 23.2 Å². The fourth-order valence-electron chi connectivity index (χ4n) is 1.47. The summed E-state index contributed by atoms with van der Waals surface area (Å²) in [5.41, 5.74) is 6.43. The maximum Gasteiger partial charge on any atom is 0.268 e. The van der Waals surface area contributed by atoms with Crippen molar-refractivity contribution in [3.63, 3.8) is 0 Å². The molecular formula is C10H15N5O2S2. The number of rotatable bonds is 4. The molecule has 0 aliphatic heterocycles. The van der Waals surface area contributed by atoms with Crippen LogP contribution in [-0.2, 0) is 16.6 Å². The van der Waals surface area contributed by atoms with Gasteiger partial charge in [0.1, 0.15) is 4.90 Å². The van der Waals surface area contributed by atoms with E-state index in [0.29, 0.717) is 11.7 Å². The number of nitrogens with zero attached hydrogens (tertiary/aromatic N) is 3. The van der Waals surface area contributed by atoms with E-state index >= 15 is 0 Å². The van der Waals surface area contributed by atoms with Gasteiger partial charge in [-0.05, 0) is 20.8 Å². The second-order valence-corrected chi connectivity index (χ2v) is 6.85. The molecule has 0 aliphatic rings. The fourth-order valence-corrected chi connectivity index (χ4v) is 3.60. The van der Waals surface area contributed by atoms with Gasteiger partial charge in [-0.15, -0.1) is 11.3 Å². The van der Waals surface area contributed by atoms with Gasteiger partial charge in [0.2, 0.25) is 0 Å². The normalized spacial score (nSPS) is 11.7. The first kappa shape index (κ1) is 13.8. The molecule has 0 radical (unpaired) electrons. The first-order chi connectivity index (χ1) is 8.83. The number of nitrogen functional groups attached to an aromatic ring is 1. The Bertz CT molecular complexity index is 682. The van der Waals surface area contributed by atoms with E-state index in [2.05, 4.69) is 14.8 Å². The minimum Gasteiger partial charge on any atom is -0.381 e. The highest BCUT2D eigenvalue weighted by atomic mass is 32.2. The second kappa shape index (κ2) is 4.82. The van der Waals surface area contributed by atoms with Crippen LogP contribution in [0.25, 0.3) is 0 Å². The molecule has 0 aromatic carbocycles. The van der Waals surface area contributed by atoms with Crippen molar-refractivity contribution in [2.24, 2.45) is 0 Å². The Balaban J connectivity index is 2.34.